The second kappa shape index (κ2) is 6.46. The van der Waals surface area contributed by atoms with Crippen LogP contribution in [-0.2, 0) is 9.59 Å². The minimum absolute atomic E-state index is 0.253. The van der Waals surface area contributed by atoms with E-state index in [-0.39, 0.29) is 10.9 Å². The molecular weight excluding hydrogens is 301 g/mol. The predicted octanol–water partition coefficient (Wildman–Crippen LogP) is 2.49. The van der Waals surface area contributed by atoms with Gasteiger partial charge in [0.05, 0.1) is 15.7 Å². The monoisotopic (exact) mass is 314 g/mol. The number of amides is 1. The van der Waals surface area contributed by atoms with E-state index in [1.165, 1.54) is 0 Å². The molecule has 1 fully saturated rings. The third-order valence-electron chi connectivity index (χ3n) is 3.61. The average Bonchev–Trinajstić information content (AvgIpc) is 2.43. The minimum atomic E-state index is -1.16. The molecule has 1 amide bonds. The lowest BCUT2D eigenvalue weighted by molar-refractivity contribution is -0.313. The smallest absolute Gasteiger partial charge is 0.228 e. The predicted molar refractivity (Wildman–Crippen MR) is 75.5 cm³/mol. The molecule has 1 saturated carbocycles. The summed E-state index contributed by atoms with van der Waals surface area (Å²) in [5, 5.41) is 14.4. The first-order chi connectivity index (χ1) is 9.50. The summed E-state index contributed by atoms with van der Waals surface area (Å²) in [7, 11) is 0. The molecule has 0 radical (unpaired) electrons. The zero-order valence-electron chi connectivity index (χ0n) is 10.7. The summed E-state index contributed by atoms with van der Waals surface area (Å²) in [5.41, 5.74) is 0.395. The Balaban J connectivity index is 2.14. The van der Waals surface area contributed by atoms with Gasteiger partial charge in [0.1, 0.15) is 0 Å². The van der Waals surface area contributed by atoms with Gasteiger partial charge >= 0.3 is 0 Å². The third kappa shape index (κ3) is 3.25. The van der Waals surface area contributed by atoms with Crippen LogP contribution in [0, 0.1) is 11.8 Å². The molecule has 6 heteroatoms. The van der Waals surface area contributed by atoms with Gasteiger partial charge in [-0.15, -0.1) is 0 Å². The van der Waals surface area contributed by atoms with Gasteiger partial charge in [0.2, 0.25) is 5.91 Å². The van der Waals surface area contributed by atoms with E-state index in [0.717, 1.165) is 12.8 Å². The first kappa shape index (κ1) is 15.1. The van der Waals surface area contributed by atoms with E-state index in [1.54, 1.807) is 18.2 Å². The normalized spacial score (nSPS) is 22.3. The van der Waals surface area contributed by atoms with Crippen LogP contribution >= 0.6 is 23.2 Å². The molecule has 0 unspecified atom stereocenters. The van der Waals surface area contributed by atoms with Gasteiger partial charge in [-0.25, -0.2) is 0 Å². The number of carboxylic acid groups (broad SMARTS) is 1. The molecule has 4 nitrogen and oxygen atoms in total. The maximum atomic E-state index is 12.2. The van der Waals surface area contributed by atoms with Crippen LogP contribution < -0.4 is 10.4 Å². The molecule has 20 heavy (non-hydrogen) atoms. The van der Waals surface area contributed by atoms with Gasteiger partial charge < -0.3 is 15.2 Å². The van der Waals surface area contributed by atoms with Crippen molar-refractivity contribution < 1.29 is 14.7 Å². The molecule has 0 saturated heterocycles. The van der Waals surface area contributed by atoms with E-state index in [2.05, 4.69) is 5.32 Å². The van der Waals surface area contributed by atoms with Crippen LogP contribution in [0.15, 0.2) is 18.2 Å². The molecule has 2 rings (SSSR count). The Kier molecular flexibility index (Phi) is 4.89. The molecular formula is C14H14Cl2NO3-. The van der Waals surface area contributed by atoms with E-state index < -0.39 is 17.8 Å². The molecule has 1 aromatic carbocycles. The molecule has 1 aliphatic rings. The molecule has 0 bridgehead atoms. The quantitative estimate of drug-likeness (QED) is 0.931. The summed E-state index contributed by atoms with van der Waals surface area (Å²) in [4.78, 5) is 23.3. The molecule has 0 aliphatic heterocycles. The van der Waals surface area contributed by atoms with Crippen molar-refractivity contribution >= 4 is 40.8 Å². The summed E-state index contributed by atoms with van der Waals surface area (Å²) in [5.74, 6) is -2.82. The van der Waals surface area contributed by atoms with E-state index >= 15 is 0 Å². The van der Waals surface area contributed by atoms with Crippen LogP contribution in [0.3, 0.4) is 0 Å². The second-order valence-corrected chi connectivity index (χ2v) is 5.69. The summed E-state index contributed by atoms with van der Waals surface area (Å²) < 4.78 is 0. The van der Waals surface area contributed by atoms with Gasteiger partial charge in [-0.3, -0.25) is 4.79 Å². The van der Waals surface area contributed by atoms with Crippen LogP contribution in [0.5, 0.6) is 0 Å². The highest BCUT2D eigenvalue weighted by molar-refractivity contribution is 6.44. The van der Waals surface area contributed by atoms with Crippen molar-refractivity contribution in [1.29, 1.82) is 0 Å². The van der Waals surface area contributed by atoms with Crippen molar-refractivity contribution in [3.05, 3.63) is 28.2 Å². The Bertz CT molecular complexity index is 533. The van der Waals surface area contributed by atoms with Crippen LogP contribution in [0.1, 0.15) is 25.7 Å². The average molecular weight is 315 g/mol. The Hall–Kier alpha value is -1.26. The number of benzene rings is 1. The SMILES string of the molecule is O=C(Nc1cccc(Cl)c1Cl)[C@H]1CCCC[C@H]1C(=O)[O-]. The number of aliphatic carboxylic acids is 1. The lowest BCUT2D eigenvalue weighted by Crippen LogP contribution is -2.42. The standard InChI is InChI=1S/C14H15Cl2NO3/c15-10-6-3-7-11(12(10)16)17-13(18)8-4-1-2-5-9(8)14(19)20/h3,6-9H,1-2,4-5H2,(H,17,18)(H,19,20)/p-1/t8-,9+/m0/s1. The first-order valence-corrected chi connectivity index (χ1v) is 7.22. The Morgan fingerprint density at radius 3 is 2.45 bits per heavy atom. The summed E-state index contributed by atoms with van der Waals surface area (Å²) >= 11 is 11.9. The number of nitrogens with one attached hydrogen (secondary N) is 1. The molecule has 2 atom stereocenters. The van der Waals surface area contributed by atoms with Crippen LogP contribution in [0.2, 0.25) is 10.0 Å². The molecule has 1 aromatic rings. The number of hydrogen-bond acceptors (Lipinski definition) is 3. The van der Waals surface area contributed by atoms with Gasteiger partial charge in [0.15, 0.2) is 0 Å². The molecule has 0 aromatic heterocycles. The third-order valence-corrected chi connectivity index (χ3v) is 4.43. The summed E-state index contributed by atoms with van der Waals surface area (Å²) in [6.45, 7) is 0. The van der Waals surface area contributed by atoms with E-state index in [1.807, 2.05) is 0 Å². The van der Waals surface area contributed by atoms with Gasteiger partial charge in [-0.05, 0) is 25.0 Å². The van der Waals surface area contributed by atoms with Crippen LogP contribution in [0.4, 0.5) is 5.69 Å². The number of carboxylic acids is 1. The van der Waals surface area contributed by atoms with Gasteiger partial charge in [-0.1, -0.05) is 42.1 Å². The van der Waals surface area contributed by atoms with Gasteiger partial charge in [0.25, 0.3) is 0 Å². The highest BCUT2D eigenvalue weighted by Crippen LogP contribution is 2.33. The number of carbonyl (C=O) groups is 2. The number of halogens is 2. The number of anilines is 1. The number of hydrogen-bond donors (Lipinski definition) is 1. The lowest BCUT2D eigenvalue weighted by Gasteiger charge is -2.31. The number of rotatable bonds is 3. The summed E-state index contributed by atoms with van der Waals surface area (Å²) in [6, 6.07) is 4.91. The Morgan fingerprint density at radius 1 is 1.15 bits per heavy atom. The Labute approximate surface area is 127 Å². The largest absolute Gasteiger partial charge is 0.550 e. The first-order valence-electron chi connectivity index (χ1n) is 6.46. The maximum Gasteiger partial charge on any atom is 0.228 e. The molecule has 0 spiro atoms. The zero-order valence-corrected chi connectivity index (χ0v) is 12.2. The highest BCUT2D eigenvalue weighted by atomic mass is 35.5. The van der Waals surface area contributed by atoms with Crippen molar-refractivity contribution in [2.75, 3.05) is 5.32 Å². The van der Waals surface area contributed by atoms with Crippen LogP contribution in [-0.4, -0.2) is 11.9 Å². The van der Waals surface area contributed by atoms with Crippen molar-refractivity contribution in [1.82, 2.24) is 0 Å². The fraction of sp³-hybridized carbons (Fsp3) is 0.429. The summed E-state index contributed by atoms with van der Waals surface area (Å²) in [6.07, 6.45) is 2.66. The van der Waals surface area contributed by atoms with Crippen molar-refractivity contribution in [3.63, 3.8) is 0 Å². The minimum Gasteiger partial charge on any atom is -0.550 e. The zero-order chi connectivity index (χ0) is 14.7. The van der Waals surface area contributed by atoms with Crippen LogP contribution in [0.25, 0.3) is 0 Å². The second-order valence-electron chi connectivity index (χ2n) is 4.91. The van der Waals surface area contributed by atoms with E-state index in [9.17, 15) is 14.7 Å². The topological polar surface area (TPSA) is 69.2 Å². The fourth-order valence-corrected chi connectivity index (χ4v) is 2.90. The molecule has 0 heterocycles. The fourth-order valence-electron chi connectivity index (χ4n) is 2.55. The van der Waals surface area contributed by atoms with E-state index in [0.29, 0.717) is 23.6 Å². The van der Waals surface area contributed by atoms with Crippen molar-refractivity contribution in [3.8, 4) is 0 Å². The molecule has 108 valence electrons. The van der Waals surface area contributed by atoms with Crippen molar-refractivity contribution in [2.24, 2.45) is 11.8 Å². The lowest BCUT2D eigenvalue weighted by atomic mass is 9.78. The Morgan fingerprint density at radius 2 is 1.80 bits per heavy atom. The maximum absolute atomic E-state index is 12.2. The van der Waals surface area contributed by atoms with E-state index in [4.69, 9.17) is 23.2 Å². The molecule has 1 aliphatic carbocycles. The highest BCUT2D eigenvalue weighted by Gasteiger charge is 2.32. The molecule has 1 N–H and O–H groups in total. The number of carbonyl (C=O) groups excluding carboxylic acids is 2. The van der Waals surface area contributed by atoms with Gasteiger partial charge in [-0.2, -0.15) is 0 Å². The van der Waals surface area contributed by atoms with Crippen molar-refractivity contribution in [2.45, 2.75) is 25.7 Å². The van der Waals surface area contributed by atoms with Gasteiger partial charge in [0, 0.05) is 17.8 Å².